The third-order valence-electron chi connectivity index (χ3n) is 4.66. The zero-order valence-corrected chi connectivity index (χ0v) is 16.6. The summed E-state index contributed by atoms with van der Waals surface area (Å²) in [4.78, 5) is 25.0. The van der Waals surface area contributed by atoms with Crippen molar-refractivity contribution < 1.29 is 19.4 Å². The molecule has 1 aliphatic carbocycles. The van der Waals surface area contributed by atoms with E-state index in [9.17, 15) is 14.7 Å². The molecule has 0 spiro atoms. The van der Waals surface area contributed by atoms with Crippen molar-refractivity contribution >= 4 is 34.0 Å². The SMILES string of the molecule is CCNC(=O)OC1CCc2c(sc(NC(=O)CCc3cccc(O)c3)c2N)C1. The van der Waals surface area contributed by atoms with Gasteiger partial charge in [0.25, 0.3) is 0 Å². The van der Waals surface area contributed by atoms with Gasteiger partial charge >= 0.3 is 6.09 Å². The number of nitrogen functional groups attached to an aromatic ring is 1. The van der Waals surface area contributed by atoms with Crippen molar-refractivity contribution in [2.45, 2.75) is 45.1 Å². The van der Waals surface area contributed by atoms with Crippen LogP contribution in [0.5, 0.6) is 5.75 Å². The number of aromatic hydroxyl groups is 1. The van der Waals surface area contributed by atoms with Gasteiger partial charge in [0.05, 0.1) is 5.69 Å². The van der Waals surface area contributed by atoms with Gasteiger partial charge in [0.2, 0.25) is 5.91 Å². The molecular weight excluding hydrogens is 378 g/mol. The smallest absolute Gasteiger partial charge is 0.407 e. The Bertz CT molecular complexity index is 865. The van der Waals surface area contributed by atoms with E-state index in [0.29, 0.717) is 36.5 Å². The number of aryl methyl sites for hydroxylation is 1. The molecule has 0 radical (unpaired) electrons. The van der Waals surface area contributed by atoms with Crippen LogP contribution in [0.25, 0.3) is 0 Å². The number of thiophene rings is 1. The molecule has 0 fully saturated rings. The van der Waals surface area contributed by atoms with Crippen molar-refractivity contribution in [2.75, 3.05) is 17.6 Å². The number of ether oxygens (including phenoxy) is 1. The van der Waals surface area contributed by atoms with Crippen LogP contribution in [0.2, 0.25) is 0 Å². The predicted molar refractivity (Wildman–Crippen MR) is 110 cm³/mol. The summed E-state index contributed by atoms with van der Waals surface area (Å²) in [6.45, 7) is 2.37. The standard InChI is InChI=1S/C20H25N3O4S/c1-2-22-20(26)27-14-7-8-15-16(11-14)28-19(18(15)21)23-17(25)9-6-12-4-3-5-13(24)10-12/h3-5,10,14,24H,2,6-9,11,21H2,1H3,(H,22,26)(H,23,25). The lowest BCUT2D eigenvalue weighted by molar-refractivity contribution is -0.116. The van der Waals surface area contributed by atoms with Gasteiger partial charge in [-0.3, -0.25) is 4.79 Å². The number of anilines is 2. The molecule has 0 bridgehead atoms. The van der Waals surface area contributed by atoms with Crippen LogP contribution in [0.1, 0.15) is 35.8 Å². The first-order chi connectivity index (χ1) is 13.5. The van der Waals surface area contributed by atoms with Crippen LogP contribution in [0.3, 0.4) is 0 Å². The molecule has 3 rings (SSSR count). The fraction of sp³-hybridized carbons (Fsp3) is 0.400. The number of rotatable bonds is 6. The lowest BCUT2D eigenvalue weighted by atomic mass is 9.95. The minimum atomic E-state index is -0.402. The molecule has 8 heteroatoms. The van der Waals surface area contributed by atoms with Gasteiger partial charge in [-0.15, -0.1) is 11.3 Å². The fourth-order valence-electron chi connectivity index (χ4n) is 3.27. The molecule has 7 nitrogen and oxygen atoms in total. The third-order valence-corrected chi connectivity index (χ3v) is 5.85. The van der Waals surface area contributed by atoms with Gasteiger partial charge < -0.3 is 26.2 Å². The van der Waals surface area contributed by atoms with Crippen LogP contribution in [-0.2, 0) is 28.8 Å². The van der Waals surface area contributed by atoms with Crippen molar-refractivity contribution in [1.82, 2.24) is 5.32 Å². The summed E-state index contributed by atoms with van der Waals surface area (Å²) in [6.07, 6.45) is 2.31. The van der Waals surface area contributed by atoms with Crippen molar-refractivity contribution in [3.05, 3.63) is 40.3 Å². The van der Waals surface area contributed by atoms with Crippen molar-refractivity contribution in [3.8, 4) is 5.75 Å². The molecule has 1 atom stereocenters. The monoisotopic (exact) mass is 403 g/mol. The normalized spacial score (nSPS) is 15.5. The van der Waals surface area contributed by atoms with Gasteiger partial charge in [0, 0.05) is 24.3 Å². The summed E-state index contributed by atoms with van der Waals surface area (Å²) in [5.41, 5.74) is 8.80. The second-order valence-electron chi connectivity index (χ2n) is 6.77. The molecule has 1 unspecified atom stereocenters. The maximum absolute atomic E-state index is 12.3. The molecule has 0 aliphatic heterocycles. The number of nitrogens with two attached hydrogens (primary N) is 1. The second-order valence-corrected chi connectivity index (χ2v) is 7.87. The van der Waals surface area contributed by atoms with Crippen LogP contribution in [-0.4, -0.2) is 29.8 Å². The van der Waals surface area contributed by atoms with E-state index in [2.05, 4.69) is 10.6 Å². The van der Waals surface area contributed by atoms with E-state index in [1.165, 1.54) is 11.3 Å². The highest BCUT2D eigenvalue weighted by Crippen LogP contribution is 2.40. The zero-order chi connectivity index (χ0) is 20.1. The Kier molecular flexibility index (Phi) is 6.41. The highest BCUT2D eigenvalue weighted by Gasteiger charge is 2.27. The Morgan fingerprint density at radius 2 is 2.21 bits per heavy atom. The average molecular weight is 404 g/mol. The van der Waals surface area contributed by atoms with E-state index in [1.807, 2.05) is 13.0 Å². The summed E-state index contributed by atoms with van der Waals surface area (Å²) in [7, 11) is 0. The Hall–Kier alpha value is -2.74. The molecule has 0 saturated heterocycles. The van der Waals surface area contributed by atoms with Crippen LogP contribution in [0.4, 0.5) is 15.5 Å². The number of phenolic OH excluding ortho intramolecular Hbond substituents is 1. The quantitative estimate of drug-likeness (QED) is 0.591. The van der Waals surface area contributed by atoms with Gasteiger partial charge in [0.15, 0.2) is 0 Å². The molecular formula is C20H25N3O4S. The van der Waals surface area contributed by atoms with Crippen LogP contribution in [0, 0.1) is 0 Å². The van der Waals surface area contributed by atoms with Gasteiger partial charge in [-0.1, -0.05) is 12.1 Å². The summed E-state index contributed by atoms with van der Waals surface area (Å²) in [5, 5.41) is 15.7. The van der Waals surface area contributed by atoms with Gasteiger partial charge in [0.1, 0.15) is 16.9 Å². The lowest BCUT2D eigenvalue weighted by Gasteiger charge is -2.22. The van der Waals surface area contributed by atoms with E-state index in [1.54, 1.807) is 18.2 Å². The van der Waals surface area contributed by atoms with E-state index in [0.717, 1.165) is 28.8 Å². The maximum Gasteiger partial charge on any atom is 0.407 e. The number of alkyl carbamates (subject to hydrolysis) is 1. The number of hydrogen-bond donors (Lipinski definition) is 4. The molecule has 5 N–H and O–H groups in total. The summed E-state index contributed by atoms with van der Waals surface area (Å²) >= 11 is 1.45. The number of carbonyl (C=O) groups is 2. The third kappa shape index (κ3) is 4.95. The Morgan fingerprint density at radius 1 is 1.39 bits per heavy atom. The lowest BCUT2D eigenvalue weighted by Crippen LogP contribution is -2.31. The number of carbonyl (C=O) groups excluding carboxylic acids is 2. The highest BCUT2D eigenvalue weighted by atomic mass is 32.1. The molecule has 1 aliphatic rings. The number of nitrogens with one attached hydrogen (secondary N) is 2. The first kappa shape index (κ1) is 20.0. The Balaban J connectivity index is 1.58. The number of hydrogen-bond acceptors (Lipinski definition) is 6. The number of phenols is 1. The molecule has 150 valence electrons. The average Bonchev–Trinajstić information content (AvgIpc) is 2.95. The largest absolute Gasteiger partial charge is 0.508 e. The summed E-state index contributed by atoms with van der Waals surface area (Å²) in [5.74, 6) is 0.0706. The fourth-order valence-corrected chi connectivity index (χ4v) is 4.52. The predicted octanol–water partition coefficient (Wildman–Crippen LogP) is 3.21. The summed E-state index contributed by atoms with van der Waals surface area (Å²) in [6, 6.07) is 6.89. The van der Waals surface area contributed by atoms with E-state index in [4.69, 9.17) is 10.5 Å². The second kappa shape index (κ2) is 8.97. The van der Waals surface area contributed by atoms with E-state index in [-0.39, 0.29) is 17.8 Å². The molecule has 2 aromatic rings. The molecule has 1 aromatic heterocycles. The number of amides is 2. The van der Waals surface area contributed by atoms with Crippen molar-refractivity contribution in [1.29, 1.82) is 0 Å². The van der Waals surface area contributed by atoms with Crippen molar-refractivity contribution in [2.24, 2.45) is 0 Å². The molecule has 0 saturated carbocycles. The first-order valence-corrected chi connectivity index (χ1v) is 10.2. The topological polar surface area (TPSA) is 114 Å². The summed E-state index contributed by atoms with van der Waals surface area (Å²) < 4.78 is 5.42. The van der Waals surface area contributed by atoms with Gasteiger partial charge in [-0.25, -0.2) is 4.79 Å². The Labute approximate surface area is 167 Å². The number of benzene rings is 1. The molecule has 1 heterocycles. The first-order valence-electron chi connectivity index (χ1n) is 9.38. The molecule has 28 heavy (non-hydrogen) atoms. The van der Waals surface area contributed by atoms with Crippen LogP contribution < -0.4 is 16.4 Å². The van der Waals surface area contributed by atoms with Gasteiger partial charge in [-0.2, -0.15) is 0 Å². The zero-order valence-electron chi connectivity index (χ0n) is 15.8. The highest BCUT2D eigenvalue weighted by molar-refractivity contribution is 7.17. The van der Waals surface area contributed by atoms with E-state index < -0.39 is 6.09 Å². The van der Waals surface area contributed by atoms with Crippen LogP contribution in [0.15, 0.2) is 24.3 Å². The minimum Gasteiger partial charge on any atom is -0.508 e. The molecule has 2 amide bonds. The van der Waals surface area contributed by atoms with Crippen molar-refractivity contribution in [3.63, 3.8) is 0 Å². The number of fused-ring (bicyclic) bond motifs is 1. The van der Waals surface area contributed by atoms with E-state index >= 15 is 0 Å². The van der Waals surface area contributed by atoms with Crippen LogP contribution >= 0.6 is 11.3 Å². The Morgan fingerprint density at radius 3 is 2.96 bits per heavy atom. The maximum atomic E-state index is 12.3. The van der Waals surface area contributed by atoms with Gasteiger partial charge in [-0.05, 0) is 49.4 Å². The minimum absolute atomic E-state index is 0.122. The molecule has 1 aromatic carbocycles.